The maximum Gasteiger partial charge on any atom is 0.254 e. The fourth-order valence-corrected chi connectivity index (χ4v) is 2.62. The highest BCUT2D eigenvalue weighted by Gasteiger charge is 2.33. The van der Waals surface area contributed by atoms with Crippen LogP contribution < -0.4 is 15.2 Å². The van der Waals surface area contributed by atoms with Crippen molar-refractivity contribution in [2.45, 2.75) is 12.8 Å². The van der Waals surface area contributed by atoms with Crippen molar-refractivity contribution >= 4 is 5.91 Å². The number of benzene rings is 1. The SMILES string of the molecule is CCN1CC(CN)c2c(ccc(OC)c2OC)C1=O. The number of nitrogens with two attached hydrogens (primary N) is 1. The molecule has 0 radical (unpaired) electrons. The van der Waals surface area contributed by atoms with Crippen LogP contribution in [0.15, 0.2) is 12.1 Å². The van der Waals surface area contributed by atoms with Gasteiger partial charge in [-0.3, -0.25) is 4.79 Å². The first-order chi connectivity index (χ1) is 9.17. The molecule has 5 nitrogen and oxygen atoms in total. The first-order valence-electron chi connectivity index (χ1n) is 6.42. The van der Waals surface area contributed by atoms with Crippen molar-refractivity contribution in [1.29, 1.82) is 0 Å². The average molecular weight is 264 g/mol. The van der Waals surface area contributed by atoms with E-state index in [-0.39, 0.29) is 11.8 Å². The molecule has 0 bridgehead atoms. The maximum atomic E-state index is 12.4. The van der Waals surface area contributed by atoms with E-state index in [4.69, 9.17) is 15.2 Å². The molecule has 1 aromatic rings. The maximum absolute atomic E-state index is 12.4. The lowest BCUT2D eigenvalue weighted by atomic mass is 9.88. The topological polar surface area (TPSA) is 64.8 Å². The van der Waals surface area contributed by atoms with Crippen LogP contribution in [0.25, 0.3) is 0 Å². The lowest BCUT2D eigenvalue weighted by Gasteiger charge is -2.34. The van der Waals surface area contributed by atoms with Gasteiger partial charge in [0.1, 0.15) is 0 Å². The number of methoxy groups -OCH3 is 2. The molecule has 0 fully saturated rings. The van der Waals surface area contributed by atoms with E-state index in [9.17, 15) is 4.79 Å². The molecule has 0 saturated carbocycles. The van der Waals surface area contributed by atoms with E-state index >= 15 is 0 Å². The molecule has 0 saturated heterocycles. The first kappa shape index (κ1) is 13.7. The minimum absolute atomic E-state index is 0.0307. The molecule has 2 N–H and O–H groups in total. The summed E-state index contributed by atoms with van der Waals surface area (Å²) < 4.78 is 10.7. The van der Waals surface area contributed by atoms with Gasteiger partial charge in [-0.15, -0.1) is 0 Å². The normalized spacial score (nSPS) is 18.2. The van der Waals surface area contributed by atoms with E-state index in [0.29, 0.717) is 36.7 Å². The minimum Gasteiger partial charge on any atom is -0.493 e. The standard InChI is InChI=1S/C14H20N2O3/c1-4-16-8-9(7-15)12-10(14(16)17)5-6-11(18-2)13(12)19-3/h5-6,9H,4,7-8,15H2,1-3H3. The molecule has 1 amide bonds. The summed E-state index contributed by atoms with van der Waals surface area (Å²) in [6.07, 6.45) is 0. The predicted molar refractivity (Wildman–Crippen MR) is 72.9 cm³/mol. The third kappa shape index (κ3) is 2.14. The Kier molecular flexibility index (Phi) is 3.95. The molecule has 19 heavy (non-hydrogen) atoms. The van der Waals surface area contributed by atoms with Crippen LogP contribution in [0, 0.1) is 0 Å². The van der Waals surface area contributed by atoms with Crippen LogP contribution in [0.4, 0.5) is 0 Å². The summed E-state index contributed by atoms with van der Waals surface area (Å²) in [7, 11) is 3.17. The van der Waals surface area contributed by atoms with Crippen LogP contribution in [-0.4, -0.2) is 44.7 Å². The van der Waals surface area contributed by atoms with Gasteiger partial charge in [-0.05, 0) is 19.1 Å². The van der Waals surface area contributed by atoms with Crippen molar-refractivity contribution in [1.82, 2.24) is 4.90 Å². The zero-order valence-electron chi connectivity index (χ0n) is 11.6. The Labute approximate surface area is 113 Å². The molecular weight excluding hydrogens is 244 g/mol. The lowest BCUT2D eigenvalue weighted by molar-refractivity contribution is 0.0730. The number of carbonyl (C=O) groups excluding carboxylic acids is 1. The van der Waals surface area contributed by atoms with Gasteiger partial charge in [0.2, 0.25) is 0 Å². The number of amides is 1. The Balaban J connectivity index is 2.61. The van der Waals surface area contributed by atoms with Gasteiger partial charge in [-0.2, -0.15) is 0 Å². The third-order valence-corrected chi connectivity index (χ3v) is 3.62. The molecule has 104 valence electrons. The van der Waals surface area contributed by atoms with Crippen LogP contribution in [-0.2, 0) is 0 Å². The van der Waals surface area contributed by atoms with Gasteiger partial charge in [0.05, 0.1) is 14.2 Å². The Bertz CT molecular complexity index is 488. The largest absolute Gasteiger partial charge is 0.493 e. The smallest absolute Gasteiger partial charge is 0.254 e. The Morgan fingerprint density at radius 1 is 1.37 bits per heavy atom. The Morgan fingerprint density at radius 3 is 2.63 bits per heavy atom. The second-order valence-corrected chi connectivity index (χ2v) is 4.54. The van der Waals surface area contributed by atoms with Gasteiger partial charge in [0.25, 0.3) is 5.91 Å². The molecule has 0 aliphatic carbocycles. The van der Waals surface area contributed by atoms with Gasteiger partial charge in [0, 0.05) is 36.7 Å². The molecule has 1 atom stereocenters. The number of rotatable bonds is 4. The molecule has 1 heterocycles. The van der Waals surface area contributed by atoms with E-state index < -0.39 is 0 Å². The highest BCUT2D eigenvalue weighted by Crippen LogP contribution is 2.40. The number of hydrogen-bond donors (Lipinski definition) is 1. The lowest BCUT2D eigenvalue weighted by Crippen LogP contribution is -2.42. The van der Waals surface area contributed by atoms with E-state index in [1.165, 1.54) is 0 Å². The van der Waals surface area contributed by atoms with E-state index in [0.717, 1.165) is 5.56 Å². The van der Waals surface area contributed by atoms with E-state index in [1.807, 2.05) is 11.8 Å². The highest BCUT2D eigenvalue weighted by molar-refractivity contribution is 5.98. The fraction of sp³-hybridized carbons (Fsp3) is 0.500. The second kappa shape index (κ2) is 5.48. The van der Waals surface area contributed by atoms with Crippen molar-refractivity contribution in [2.24, 2.45) is 5.73 Å². The molecular formula is C14H20N2O3. The quantitative estimate of drug-likeness (QED) is 0.888. The van der Waals surface area contributed by atoms with Crippen LogP contribution in [0.1, 0.15) is 28.8 Å². The predicted octanol–water partition coefficient (Wildman–Crippen LogP) is 1.22. The summed E-state index contributed by atoms with van der Waals surface area (Å²) in [5, 5.41) is 0. The van der Waals surface area contributed by atoms with E-state index in [1.54, 1.807) is 26.4 Å². The minimum atomic E-state index is 0.0307. The molecule has 1 unspecified atom stereocenters. The highest BCUT2D eigenvalue weighted by atomic mass is 16.5. The zero-order chi connectivity index (χ0) is 14.0. The average Bonchev–Trinajstić information content (AvgIpc) is 2.46. The molecule has 1 aromatic carbocycles. The first-order valence-corrected chi connectivity index (χ1v) is 6.42. The van der Waals surface area contributed by atoms with Gasteiger partial charge in [-0.25, -0.2) is 0 Å². The summed E-state index contributed by atoms with van der Waals surface area (Å²) in [6, 6.07) is 3.56. The second-order valence-electron chi connectivity index (χ2n) is 4.54. The van der Waals surface area contributed by atoms with Crippen LogP contribution in [0.5, 0.6) is 11.5 Å². The van der Waals surface area contributed by atoms with Crippen molar-refractivity contribution in [3.8, 4) is 11.5 Å². The molecule has 1 aliphatic heterocycles. The molecule has 2 rings (SSSR count). The van der Waals surface area contributed by atoms with Crippen molar-refractivity contribution in [3.05, 3.63) is 23.3 Å². The molecule has 0 spiro atoms. The number of ether oxygens (including phenoxy) is 2. The number of fused-ring (bicyclic) bond motifs is 1. The molecule has 1 aliphatic rings. The van der Waals surface area contributed by atoms with E-state index in [2.05, 4.69) is 0 Å². The molecule has 5 heteroatoms. The summed E-state index contributed by atoms with van der Waals surface area (Å²) in [5.74, 6) is 1.37. The van der Waals surface area contributed by atoms with Gasteiger partial charge >= 0.3 is 0 Å². The summed E-state index contributed by atoms with van der Waals surface area (Å²) in [4.78, 5) is 14.2. The number of nitrogens with zero attached hydrogens (tertiary/aromatic N) is 1. The Hall–Kier alpha value is -1.75. The number of hydrogen-bond acceptors (Lipinski definition) is 4. The van der Waals surface area contributed by atoms with Crippen LogP contribution >= 0.6 is 0 Å². The van der Waals surface area contributed by atoms with Crippen LogP contribution in [0.2, 0.25) is 0 Å². The van der Waals surface area contributed by atoms with Gasteiger partial charge in [0.15, 0.2) is 11.5 Å². The summed E-state index contributed by atoms with van der Waals surface area (Å²) in [5.41, 5.74) is 7.40. The number of likely N-dealkylation sites (N-methyl/N-ethyl adjacent to an activating group) is 1. The summed E-state index contributed by atoms with van der Waals surface area (Å²) in [6.45, 7) is 3.75. The zero-order valence-corrected chi connectivity index (χ0v) is 11.6. The van der Waals surface area contributed by atoms with Crippen molar-refractivity contribution < 1.29 is 14.3 Å². The Morgan fingerprint density at radius 2 is 2.11 bits per heavy atom. The monoisotopic (exact) mass is 264 g/mol. The van der Waals surface area contributed by atoms with Gasteiger partial charge < -0.3 is 20.1 Å². The number of carbonyl (C=O) groups is 1. The van der Waals surface area contributed by atoms with Crippen LogP contribution in [0.3, 0.4) is 0 Å². The molecule has 0 aromatic heterocycles. The van der Waals surface area contributed by atoms with Crippen molar-refractivity contribution in [3.63, 3.8) is 0 Å². The third-order valence-electron chi connectivity index (χ3n) is 3.62. The van der Waals surface area contributed by atoms with Gasteiger partial charge in [-0.1, -0.05) is 0 Å². The fourth-order valence-electron chi connectivity index (χ4n) is 2.62. The summed E-state index contributed by atoms with van der Waals surface area (Å²) >= 11 is 0. The van der Waals surface area contributed by atoms with Crippen molar-refractivity contribution in [2.75, 3.05) is 33.9 Å².